The summed E-state index contributed by atoms with van der Waals surface area (Å²) < 4.78 is 3.86. The molecule has 0 N–H and O–H groups in total. The molecule has 156 valence electrons. The van der Waals surface area contributed by atoms with E-state index < -0.39 is 0 Å². The van der Waals surface area contributed by atoms with Crippen LogP contribution in [0.25, 0.3) is 22.0 Å². The lowest BCUT2D eigenvalue weighted by atomic mass is 10.0. The number of pyridine rings is 1. The maximum absolute atomic E-state index is 13.2. The maximum Gasteiger partial charge on any atom is 0.275 e. The number of hydrogen-bond donors (Lipinski definition) is 0. The average molecular weight is 437 g/mol. The molecule has 0 fully saturated rings. The average Bonchev–Trinajstić information content (AvgIpc) is 3.39. The van der Waals surface area contributed by atoms with E-state index in [0.29, 0.717) is 18.8 Å². The fourth-order valence-electron chi connectivity index (χ4n) is 3.70. The van der Waals surface area contributed by atoms with E-state index in [1.807, 2.05) is 48.7 Å². The summed E-state index contributed by atoms with van der Waals surface area (Å²) in [5.41, 5.74) is 5.65. The number of amides is 1. The Morgan fingerprint density at radius 2 is 1.53 bits per heavy atom. The summed E-state index contributed by atoms with van der Waals surface area (Å²) in [6.45, 7) is 0.910. The van der Waals surface area contributed by atoms with Crippen molar-refractivity contribution in [2.75, 3.05) is 0 Å². The third-order valence-corrected chi connectivity index (χ3v) is 5.83. The van der Waals surface area contributed by atoms with Gasteiger partial charge in [-0.1, -0.05) is 77.3 Å². The minimum Gasteiger partial charge on any atom is -0.329 e. The van der Waals surface area contributed by atoms with Crippen LogP contribution in [0.1, 0.15) is 21.6 Å². The molecule has 1 amide bonds. The Kier molecular flexibility index (Phi) is 5.68. The molecule has 0 aliphatic rings. The molecule has 0 aliphatic carbocycles. The molecule has 0 spiro atoms. The van der Waals surface area contributed by atoms with E-state index in [-0.39, 0.29) is 5.91 Å². The number of carbonyl (C=O) groups is 1. The molecule has 32 heavy (non-hydrogen) atoms. The third kappa shape index (κ3) is 4.40. The largest absolute Gasteiger partial charge is 0.329 e. The molecule has 5 nitrogen and oxygen atoms in total. The number of rotatable bonds is 6. The Bertz CT molecular complexity index is 1340. The lowest BCUT2D eigenvalue weighted by Crippen LogP contribution is -2.30. The molecule has 6 heteroatoms. The van der Waals surface area contributed by atoms with Crippen molar-refractivity contribution < 1.29 is 4.79 Å². The van der Waals surface area contributed by atoms with Crippen LogP contribution in [0, 0.1) is 0 Å². The van der Waals surface area contributed by atoms with Gasteiger partial charge >= 0.3 is 0 Å². The summed E-state index contributed by atoms with van der Waals surface area (Å²) in [7, 11) is 0. The van der Waals surface area contributed by atoms with E-state index in [1.165, 1.54) is 17.1 Å². The third-order valence-electron chi connectivity index (χ3n) is 5.32. The zero-order valence-corrected chi connectivity index (χ0v) is 18.1. The van der Waals surface area contributed by atoms with Gasteiger partial charge in [-0.2, -0.15) is 0 Å². The van der Waals surface area contributed by atoms with E-state index >= 15 is 0 Å². The van der Waals surface area contributed by atoms with Gasteiger partial charge in [0.2, 0.25) is 0 Å². The SMILES string of the molecule is O=C(c1csnn1)N(Cc1ccc(-c2ccccc2)cc1)Cc1cnc2ccccc2c1. The highest BCUT2D eigenvalue weighted by Gasteiger charge is 2.19. The van der Waals surface area contributed by atoms with E-state index in [9.17, 15) is 4.79 Å². The van der Waals surface area contributed by atoms with Gasteiger partial charge in [0, 0.05) is 30.1 Å². The highest BCUT2D eigenvalue weighted by atomic mass is 32.1. The Balaban J connectivity index is 1.41. The van der Waals surface area contributed by atoms with Gasteiger partial charge in [0.25, 0.3) is 5.91 Å². The van der Waals surface area contributed by atoms with Gasteiger partial charge in [-0.25, -0.2) is 0 Å². The van der Waals surface area contributed by atoms with Crippen molar-refractivity contribution in [1.29, 1.82) is 0 Å². The smallest absolute Gasteiger partial charge is 0.275 e. The van der Waals surface area contributed by atoms with Crippen LogP contribution >= 0.6 is 11.5 Å². The van der Waals surface area contributed by atoms with Crippen molar-refractivity contribution in [3.05, 3.63) is 113 Å². The molecule has 5 rings (SSSR count). The number of para-hydroxylation sites is 1. The van der Waals surface area contributed by atoms with Crippen LogP contribution in [-0.2, 0) is 13.1 Å². The minimum absolute atomic E-state index is 0.140. The van der Waals surface area contributed by atoms with E-state index in [4.69, 9.17) is 0 Å². The molecule has 0 atom stereocenters. The second-order valence-corrected chi connectivity index (χ2v) is 8.16. The van der Waals surface area contributed by atoms with Crippen LogP contribution in [0.4, 0.5) is 0 Å². The van der Waals surface area contributed by atoms with E-state index in [2.05, 4.69) is 57.0 Å². The summed E-state index contributed by atoms with van der Waals surface area (Å²) in [6, 6.07) is 28.6. The molecule has 0 bridgehead atoms. The van der Waals surface area contributed by atoms with Crippen molar-refractivity contribution >= 4 is 28.3 Å². The lowest BCUT2D eigenvalue weighted by Gasteiger charge is -2.22. The van der Waals surface area contributed by atoms with Crippen LogP contribution in [0.3, 0.4) is 0 Å². The fourth-order valence-corrected chi connectivity index (χ4v) is 4.13. The molecular formula is C26H20N4OS. The van der Waals surface area contributed by atoms with Gasteiger partial charge in [0.1, 0.15) is 0 Å². The van der Waals surface area contributed by atoms with Crippen LogP contribution in [0.2, 0.25) is 0 Å². The maximum atomic E-state index is 13.2. The summed E-state index contributed by atoms with van der Waals surface area (Å²) in [6.07, 6.45) is 1.83. The Morgan fingerprint density at radius 3 is 2.31 bits per heavy atom. The summed E-state index contributed by atoms with van der Waals surface area (Å²) >= 11 is 1.18. The molecule has 2 aromatic heterocycles. The second-order valence-electron chi connectivity index (χ2n) is 7.55. The summed E-state index contributed by atoms with van der Waals surface area (Å²) in [5, 5.41) is 6.73. The molecule has 5 aromatic rings. The van der Waals surface area contributed by atoms with E-state index in [1.54, 1.807) is 10.3 Å². The first-order valence-electron chi connectivity index (χ1n) is 10.3. The zero-order chi connectivity index (χ0) is 21.8. The molecule has 0 aliphatic heterocycles. The molecule has 0 saturated heterocycles. The zero-order valence-electron chi connectivity index (χ0n) is 17.3. The number of nitrogens with zero attached hydrogens (tertiary/aromatic N) is 4. The topological polar surface area (TPSA) is 59.0 Å². The van der Waals surface area contributed by atoms with Gasteiger partial charge in [-0.15, -0.1) is 5.10 Å². The van der Waals surface area contributed by atoms with E-state index in [0.717, 1.165) is 27.6 Å². The van der Waals surface area contributed by atoms with Gasteiger partial charge in [-0.05, 0) is 45.9 Å². The van der Waals surface area contributed by atoms with Gasteiger partial charge in [0.05, 0.1) is 5.52 Å². The number of aromatic nitrogens is 3. The molecule has 0 unspecified atom stereocenters. The van der Waals surface area contributed by atoms with Crippen molar-refractivity contribution in [1.82, 2.24) is 19.5 Å². The number of carbonyl (C=O) groups excluding carboxylic acids is 1. The number of benzene rings is 3. The highest BCUT2D eigenvalue weighted by molar-refractivity contribution is 7.03. The van der Waals surface area contributed by atoms with Crippen LogP contribution in [-0.4, -0.2) is 25.4 Å². The van der Waals surface area contributed by atoms with Crippen molar-refractivity contribution in [2.24, 2.45) is 0 Å². The predicted octanol–water partition coefficient (Wildman–Crippen LogP) is 5.60. The first-order chi connectivity index (χ1) is 15.8. The minimum atomic E-state index is -0.140. The lowest BCUT2D eigenvalue weighted by molar-refractivity contribution is 0.0724. The summed E-state index contributed by atoms with van der Waals surface area (Å²) in [5.74, 6) is -0.140. The second kappa shape index (κ2) is 9.08. The number of fused-ring (bicyclic) bond motifs is 1. The number of hydrogen-bond acceptors (Lipinski definition) is 5. The standard InChI is InChI=1S/C26H20N4OS/c31-26(25-18-32-29-28-25)30(17-20-14-23-8-4-5-9-24(23)27-15-20)16-19-10-12-22(13-11-19)21-6-2-1-3-7-21/h1-15,18H,16-17H2. The fraction of sp³-hybridized carbons (Fsp3) is 0.0769. The highest BCUT2D eigenvalue weighted by Crippen LogP contribution is 2.21. The van der Waals surface area contributed by atoms with Crippen molar-refractivity contribution in [3.8, 4) is 11.1 Å². The molecule has 0 saturated carbocycles. The van der Waals surface area contributed by atoms with Crippen LogP contribution in [0.15, 0.2) is 96.5 Å². The first kappa shape index (κ1) is 20.0. The quantitative estimate of drug-likeness (QED) is 0.348. The molecule has 2 heterocycles. The van der Waals surface area contributed by atoms with Gasteiger partial charge in [-0.3, -0.25) is 9.78 Å². The molecule has 0 radical (unpaired) electrons. The van der Waals surface area contributed by atoms with Crippen molar-refractivity contribution in [2.45, 2.75) is 13.1 Å². The Hall–Kier alpha value is -3.90. The summed E-state index contributed by atoms with van der Waals surface area (Å²) in [4.78, 5) is 19.5. The van der Waals surface area contributed by atoms with Crippen LogP contribution < -0.4 is 0 Å². The molecule has 3 aromatic carbocycles. The van der Waals surface area contributed by atoms with Crippen LogP contribution in [0.5, 0.6) is 0 Å². The Labute approximate surface area is 190 Å². The molecular weight excluding hydrogens is 416 g/mol. The van der Waals surface area contributed by atoms with Gasteiger partial charge < -0.3 is 4.90 Å². The first-order valence-corrected chi connectivity index (χ1v) is 11.1. The van der Waals surface area contributed by atoms with Crippen molar-refractivity contribution in [3.63, 3.8) is 0 Å². The van der Waals surface area contributed by atoms with Gasteiger partial charge in [0.15, 0.2) is 5.69 Å². The normalized spacial score (nSPS) is 10.9. The monoisotopic (exact) mass is 436 g/mol. The predicted molar refractivity (Wildman–Crippen MR) is 127 cm³/mol. The Morgan fingerprint density at radius 1 is 0.812 bits per heavy atom.